The molecule has 174 valence electrons. The van der Waals surface area contributed by atoms with Crippen LogP contribution in [0.2, 0.25) is 0 Å². The summed E-state index contributed by atoms with van der Waals surface area (Å²) in [5.41, 5.74) is 1.00. The van der Waals surface area contributed by atoms with Crippen LogP contribution in [-0.4, -0.2) is 72.7 Å². The van der Waals surface area contributed by atoms with Crippen molar-refractivity contribution in [2.75, 3.05) is 31.1 Å². The number of carbonyl (C=O) groups is 4. The highest BCUT2D eigenvalue weighted by Crippen LogP contribution is 2.28. The maximum absolute atomic E-state index is 13.4. The molecule has 2 aliphatic rings. The van der Waals surface area contributed by atoms with Gasteiger partial charge < -0.3 is 24.0 Å². The van der Waals surface area contributed by atoms with Crippen LogP contribution in [0.1, 0.15) is 50.0 Å². The number of benzene rings is 1. The first-order chi connectivity index (χ1) is 15.0. The van der Waals surface area contributed by atoms with Crippen molar-refractivity contribution >= 4 is 29.4 Å². The monoisotopic (exact) mass is 446 g/mol. The summed E-state index contributed by atoms with van der Waals surface area (Å²) < 4.78 is 16.1. The third-order valence-electron chi connectivity index (χ3n) is 5.22. The number of carbonyl (C=O) groups excluding carboxylic acids is 4. The Kier molecular flexibility index (Phi) is 6.88. The summed E-state index contributed by atoms with van der Waals surface area (Å²) in [7, 11) is 0. The molecule has 2 saturated heterocycles. The number of hydrogen-bond donors (Lipinski definition) is 0. The van der Waals surface area contributed by atoms with E-state index in [-0.39, 0.29) is 19.1 Å². The number of likely N-dealkylation sites (tertiary alicyclic amines) is 1. The summed E-state index contributed by atoms with van der Waals surface area (Å²) in [4.78, 5) is 53.6. The summed E-state index contributed by atoms with van der Waals surface area (Å²) >= 11 is 0. The lowest BCUT2D eigenvalue weighted by Crippen LogP contribution is -2.56. The Hall–Kier alpha value is -2.94. The minimum Gasteiger partial charge on any atom is -0.457 e. The number of esters is 2. The van der Waals surface area contributed by atoms with Crippen LogP contribution >= 0.6 is 0 Å². The van der Waals surface area contributed by atoms with E-state index in [1.54, 1.807) is 43.9 Å². The lowest BCUT2D eigenvalue weighted by molar-refractivity contribution is -0.188. The minimum absolute atomic E-state index is 0.0821. The van der Waals surface area contributed by atoms with E-state index in [0.717, 1.165) is 32.0 Å². The van der Waals surface area contributed by atoms with Gasteiger partial charge in [-0.25, -0.2) is 4.79 Å². The fourth-order valence-corrected chi connectivity index (χ4v) is 3.57. The molecule has 2 fully saturated rings. The highest BCUT2D eigenvalue weighted by molar-refractivity contribution is 6.03. The molecule has 0 unspecified atom stereocenters. The van der Waals surface area contributed by atoms with Gasteiger partial charge in [0, 0.05) is 37.8 Å². The van der Waals surface area contributed by atoms with Gasteiger partial charge in [-0.15, -0.1) is 0 Å². The second-order valence-corrected chi connectivity index (χ2v) is 8.99. The molecule has 0 N–H and O–H groups in total. The summed E-state index contributed by atoms with van der Waals surface area (Å²) in [6.45, 7) is 9.82. The Morgan fingerprint density at radius 2 is 1.84 bits per heavy atom. The number of ether oxygens (including phenoxy) is 3. The maximum atomic E-state index is 13.4. The summed E-state index contributed by atoms with van der Waals surface area (Å²) in [5, 5.41) is 0. The maximum Gasteiger partial charge on any atom is 0.351 e. The first-order valence-electron chi connectivity index (χ1n) is 10.7. The molecule has 32 heavy (non-hydrogen) atoms. The van der Waals surface area contributed by atoms with Gasteiger partial charge >= 0.3 is 11.9 Å². The van der Waals surface area contributed by atoms with E-state index in [1.165, 1.54) is 4.90 Å². The van der Waals surface area contributed by atoms with Crippen molar-refractivity contribution in [2.24, 2.45) is 0 Å². The smallest absolute Gasteiger partial charge is 0.351 e. The normalized spacial score (nSPS) is 19.8. The fourth-order valence-electron chi connectivity index (χ4n) is 3.57. The zero-order chi connectivity index (χ0) is 23.6. The van der Waals surface area contributed by atoms with Crippen LogP contribution in [0.15, 0.2) is 18.2 Å². The lowest BCUT2D eigenvalue weighted by atomic mass is 10.0. The topological polar surface area (TPSA) is 102 Å². The van der Waals surface area contributed by atoms with Crippen molar-refractivity contribution in [1.82, 2.24) is 4.90 Å². The van der Waals surface area contributed by atoms with Gasteiger partial charge in [-0.3, -0.25) is 14.4 Å². The first-order valence-corrected chi connectivity index (χ1v) is 10.7. The Labute approximate surface area is 187 Å². The Balaban J connectivity index is 1.88. The van der Waals surface area contributed by atoms with Gasteiger partial charge in [-0.1, -0.05) is 6.07 Å². The molecular weight excluding hydrogens is 416 g/mol. The van der Waals surface area contributed by atoms with Crippen molar-refractivity contribution in [3.63, 3.8) is 0 Å². The average molecular weight is 447 g/mol. The van der Waals surface area contributed by atoms with Crippen LogP contribution < -0.4 is 4.90 Å². The highest BCUT2D eigenvalue weighted by atomic mass is 16.6. The van der Waals surface area contributed by atoms with E-state index in [9.17, 15) is 19.2 Å². The molecule has 0 bridgehead atoms. The SMILES string of the molecule is CC(=O)O[C@@H](C(=O)OC(C)(C)C)[C@H]1OCCN(c2cc(C(=O)N3CCC3)ccc2C)C1=O. The van der Waals surface area contributed by atoms with E-state index >= 15 is 0 Å². The molecule has 2 atom stereocenters. The van der Waals surface area contributed by atoms with Crippen molar-refractivity contribution in [3.05, 3.63) is 29.3 Å². The van der Waals surface area contributed by atoms with Gasteiger partial charge in [0.25, 0.3) is 11.8 Å². The summed E-state index contributed by atoms with van der Waals surface area (Å²) in [6, 6.07) is 5.21. The third-order valence-corrected chi connectivity index (χ3v) is 5.22. The molecule has 0 aromatic heterocycles. The van der Waals surface area contributed by atoms with Crippen molar-refractivity contribution in [2.45, 2.75) is 58.8 Å². The predicted molar refractivity (Wildman–Crippen MR) is 115 cm³/mol. The van der Waals surface area contributed by atoms with Crippen LogP contribution in [0.3, 0.4) is 0 Å². The van der Waals surface area contributed by atoms with Gasteiger partial charge in [0.1, 0.15) is 5.60 Å². The van der Waals surface area contributed by atoms with Crippen molar-refractivity contribution in [1.29, 1.82) is 0 Å². The zero-order valence-electron chi connectivity index (χ0n) is 19.2. The molecular formula is C23H30N2O7. The molecule has 2 aliphatic heterocycles. The van der Waals surface area contributed by atoms with Crippen LogP contribution in [0.25, 0.3) is 0 Å². The van der Waals surface area contributed by atoms with E-state index in [4.69, 9.17) is 14.2 Å². The number of aryl methyl sites for hydroxylation is 1. The van der Waals surface area contributed by atoms with Gasteiger partial charge in [-0.2, -0.15) is 0 Å². The second-order valence-electron chi connectivity index (χ2n) is 8.99. The number of rotatable bonds is 5. The molecule has 0 radical (unpaired) electrons. The Morgan fingerprint density at radius 3 is 2.41 bits per heavy atom. The number of amides is 2. The number of nitrogens with zero attached hydrogens (tertiary/aromatic N) is 2. The quantitative estimate of drug-likeness (QED) is 0.636. The average Bonchev–Trinajstić information content (AvgIpc) is 2.64. The molecule has 3 rings (SSSR count). The third kappa shape index (κ3) is 5.27. The highest BCUT2D eigenvalue weighted by Gasteiger charge is 2.44. The predicted octanol–water partition coefficient (Wildman–Crippen LogP) is 1.85. The van der Waals surface area contributed by atoms with Gasteiger partial charge in [0.05, 0.1) is 6.61 Å². The van der Waals surface area contributed by atoms with Crippen LogP contribution in [0.5, 0.6) is 0 Å². The minimum atomic E-state index is -1.53. The first kappa shape index (κ1) is 23.7. The van der Waals surface area contributed by atoms with Crippen LogP contribution in [0.4, 0.5) is 5.69 Å². The molecule has 0 aliphatic carbocycles. The second kappa shape index (κ2) is 9.28. The van der Waals surface area contributed by atoms with Crippen molar-refractivity contribution < 1.29 is 33.4 Å². The van der Waals surface area contributed by atoms with Crippen molar-refractivity contribution in [3.8, 4) is 0 Å². The van der Waals surface area contributed by atoms with Gasteiger partial charge in [0.2, 0.25) is 6.10 Å². The molecule has 1 aromatic carbocycles. The van der Waals surface area contributed by atoms with Crippen LogP contribution in [-0.2, 0) is 28.6 Å². The largest absolute Gasteiger partial charge is 0.457 e. The van der Waals surface area contributed by atoms with Gasteiger partial charge in [0.15, 0.2) is 6.10 Å². The number of morpholine rings is 1. The number of hydrogen-bond acceptors (Lipinski definition) is 7. The van der Waals surface area contributed by atoms with Crippen LogP contribution in [0, 0.1) is 6.92 Å². The molecule has 0 spiro atoms. The van der Waals surface area contributed by atoms with Gasteiger partial charge in [-0.05, 0) is 51.8 Å². The standard InChI is InChI=1S/C23H30N2O7/c1-14-7-8-16(20(27)24-9-6-10-24)13-17(14)25-11-12-30-18(21(25)28)19(31-15(2)26)22(29)32-23(3,4)5/h7-8,13,18-19H,6,9-12H2,1-5H3/t18-,19-/m1/s1. The summed E-state index contributed by atoms with van der Waals surface area (Å²) in [6.07, 6.45) is -1.90. The fraction of sp³-hybridized carbons (Fsp3) is 0.565. The Morgan fingerprint density at radius 1 is 1.16 bits per heavy atom. The van der Waals surface area contributed by atoms with E-state index in [1.807, 2.05) is 6.92 Å². The lowest BCUT2D eigenvalue weighted by Gasteiger charge is -2.36. The number of anilines is 1. The molecule has 9 heteroatoms. The molecule has 0 saturated carbocycles. The van der Waals surface area contributed by atoms with E-state index < -0.39 is 35.7 Å². The molecule has 2 heterocycles. The molecule has 1 aromatic rings. The van der Waals surface area contributed by atoms with E-state index in [2.05, 4.69) is 0 Å². The summed E-state index contributed by atoms with van der Waals surface area (Å²) in [5.74, 6) is -2.20. The zero-order valence-corrected chi connectivity index (χ0v) is 19.2. The van der Waals surface area contributed by atoms with E-state index in [0.29, 0.717) is 11.3 Å². The molecule has 9 nitrogen and oxygen atoms in total. The Bertz CT molecular complexity index is 917. The molecule has 2 amide bonds.